The highest BCUT2D eigenvalue weighted by Crippen LogP contribution is 2.34. The van der Waals surface area contributed by atoms with Crippen molar-refractivity contribution >= 4 is 16.9 Å². The molecular formula is C13H16O3S. The molecule has 1 fully saturated rings. The maximum atomic E-state index is 10.5. The Morgan fingerprint density at radius 1 is 1.29 bits per heavy atom. The molecule has 1 aromatic carbocycles. The Morgan fingerprint density at radius 2 is 1.88 bits per heavy atom. The van der Waals surface area contributed by atoms with Crippen molar-refractivity contribution < 1.29 is 15.0 Å². The second kappa shape index (κ2) is 5.10. The van der Waals surface area contributed by atoms with Crippen LogP contribution >= 0.6 is 0 Å². The van der Waals surface area contributed by atoms with E-state index in [4.69, 9.17) is 0 Å². The summed E-state index contributed by atoms with van der Waals surface area (Å²) in [5.41, 5.74) is 0.174. The Morgan fingerprint density at radius 3 is 2.41 bits per heavy atom. The predicted octanol–water partition coefficient (Wildman–Crippen LogP) is 0.0362. The average molecular weight is 252 g/mol. The third-order valence-electron chi connectivity index (χ3n) is 3.24. The molecule has 1 aliphatic rings. The fourth-order valence-electron chi connectivity index (χ4n) is 2.20. The van der Waals surface area contributed by atoms with Gasteiger partial charge in [-0.05, 0) is 16.5 Å². The van der Waals surface area contributed by atoms with E-state index in [1.165, 1.54) is 0 Å². The molecule has 1 aliphatic heterocycles. The monoisotopic (exact) mass is 252 g/mol. The fraction of sp³-hybridized carbons (Fsp3) is 0.462. The zero-order chi connectivity index (χ0) is 12.3. The van der Waals surface area contributed by atoms with Crippen molar-refractivity contribution in [2.45, 2.75) is 18.4 Å². The molecule has 0 aromatic heterocycles. The molecule has 17 heavy (non-hydrogen) atoms. The highest BCUT2D eigenvalue weighted by molar-refractivity contribution is 7.97. The predicted molar refractivity (Wildman–Crippen MR) is 66.5 cm³/mol. The second-order valence-electron chi connectivity index (χ2n) is 4.43. The van der Waals surface area contributed by atoms with Crippen molar-refractivity contribution in [3.8, 4) is 0 Å². The SMILES string of the molecule is O=C([O-])C[S+]1CCC(O)(c2ccccc2)CC1. The summed E-state index contributed by atoms with van der Waals surface area (Å²) in [4.78, 5) is 10.5. The molecule has 0 spiro atoms. The minimum Gasteiger partial charge on any atom is -0.545 e. The van der Waals surface area contributed by atoms with Crippen molar-refractivity contribution in [3.05, 3.63) is 35.9 Å². The zero-order valence-electron chi connectivity index (χ0n) is 9.59. The van der Waals surface area contributed by atoms with E-state index in [0.717, 1.165) is 17.1 Å². The van der Waals surface area contributed by atoms with Gasteiger partial charge in [-0.3, -0.25) is 0 Å². The lowest BCUT2D eigenvalue weighted by atomic mass is 9.88. The number of carboxylic acid groups (broad SMARTS) is 1. The third kappa shape index (κ3) is 3.01. The van der Waals surface area contributed by atoms with Gasteiger partial charge in [0.05, 0.1) is 11.6 Å². The first-order valence-corrected chi connectivity index (χ1v) is 7.45. The van der Waals surface area contributed by atoms with Gasteiger partial charge in [-0.15, -0.1) is 0 Å². The second-order valence-corrected chi connectivity index (χ2v) is 6.76. The van der Waals surface area contributed by atoms with Gasteiger partial charge in [0.2, 0.25) is 0 Å². The Bertz CT molecular complexity index is 383. The highest BCUT2D eigenvalue weighted by Gasteiger charge is 2.39. The summed E-state index contributed by atoms with van der Waals surface area (Å²) in [6.45, 7) is 0. The molecule has 0 unspecified atom stereocenters. The van der Waals surface area contributed by atoms with Crippen molar-refractivity contribution in [2.24, 2.45) is 0 Å². The average Bonchev–Trinajstić information content (AvgIpc) is 2.33. The van der Waals surface area contributed by atoms with Crippen LogP contribution in [0.5, 0.6) is 0 Å². The standard InChI is InChI=1S/C13H16O3S/c14-12(15)10-17-8-6-13(16,7-9-17)11-4-2-1-3-5-11/h1-5,16H,6-10H2. The molecule has 0 atom stereocenters. The van der Waals surface area contributed by atoms with Gasteiger partial charge >= 0.3 is 0 Å². The first kappa shape index (κ1) is 12.5. The van der Waals surface area contributed by atoms with Gasteiger partial charge in [-0.1, -0.05) is 30.3 Å². The summed E-state index contributed by atoms with van der Waals surface area (Å²) in [6.07, 6.45) is 1.29. The highest BCUT2D eigenvalue weighted by atomic mass is 32.2. The largest absolute Gasteiger partial charge is 0.545 e. The van der Waals surface area contributed by atoms with Crippen LogP contribution in [-0.2, 0) is 21.3 Å². The molecule has 1 heterocycles. The van der Waals surface area contributed by atoms with E-state index >= 15 is 0 Å². The molecular weight excluding hydrogens is 236 g/mol. The van der Waals surface area contributed by atoms with Crippen LogP contribution in [-0.4, -0.2) is 28.3 Å². The summed E-state index contributed by atoms with van der Waals surface area (Å²) in [5.74, 6) is 0.724. The lowest BCUT2D eigenvalue weighted by Gasteiger charge is -2.32. The molecule has 1 N–H and O–H groups in total. The topological polar surface area (TPSA) is 60.4 Å². The summed E-state index contributed by atoms with van der Waals surface area (Å²) in [6, 6.07) is 9.63. The first-order valence-electron chi connectivity index (χ1n) is 5.72. The van der Waals surface area contributed by atoms with Crippen LogP contribution in [0.1, 0.15) is 18.4 Å². The van der Waals surface area contributed by atoms with Crippen LogP contribution in [0, 0.1) is 0 Å². The van der Waals surface area contributed by atoms with Gasteiger partial charge in [0, 0.05) is 12.8 Å². The van der Waals surface area contributed by atoms with Crippen LogP contribution in [0.2, 0.25) is 0 Å². The quantitative estimate of drug-likeness (QED) is 0.772. The molecule has 0 amide bonds. The Hall–Kier alpha value is -1.00. The maximum Gasteiger partial charge on any atom is 0.147 e. The van der Waals surface area contributed by atoms with Gasteiger partial charge in [0.25, 0.3) is 0 Å². The zero-order valence-corrected chi connectivity index (χ0v) is 10.4. The van der Waals surface area contributed by atoms with E-state index in [1.54, 1.807) is 0 Å². The summed E-state index contributed by atoms with van der Waals surface area (Å²) in [7, 11) is -0.117. The minimum absolute atomic E-state index is 0.117. The van der Waals surface area contributed by atoms with E-state index in [2.05, 4.69) is 0 Å². The Labute approximate surface area is 104 Å². The van der Waals surface area contributed by atoms with E-state index in [1.807, 2.05) is 30.3 Å². The normalized spacial score (nSPS) is 28.9. The van der Waals surface area contributed by atoms with Gasteiger partial charge < -0.3 is 15.0 Å². The van der Waals surface area contributed by atoms with Crippen LogP contribution in [0.3, 0.4) is 0 Å². The lowest BCUT2D eigenvalue weighted by Crippen LogP contribution is -2.41. The van der Waals surface area contributed by atoms with Crippen molar-refractivity contribution in [1.82, 2.24) is 0 Å². The fourth-order valence-corrected chi connectivity index (χ4v) is 4.28. The van der Waals surface area contributed by atoms with Crippen molar-refractivity contribution in [1.29, 1.82) is 0 Å². The van der Waals surface area contributed by atoms with Gasteiger partial charge in [-0.2, -0.15) is 0 Å². The van der Waals surface area contributed by atoms with Crippen LogP contribution in [0.25, 0.3) is 0 Å². The van der Waals surface area contributed by atoms with Crippen molar-refractivity contribution in [3.63, 3.8) is 0 Å². The third-order valence-corrected chi connectivity index (χ3v) is 5.45. The number of benzene rings is 1. The van der Waals surface area contributed by atoms with Crippen LogP contribution in [0.15, 0.2) is 30.3 Å². The number of aliphatic carboxylic acids is 1. The van der Waals surface area contributed by atoms with E-state index < -0.39 is 11.6 Å². The summed E-state index contributed by atoms with van der Waals surface area (Å²) in [5, 5.41) is 21.1. The molecule has 1 saturated heterocycles. The van der Waals surface area contributed by atoms with Gasteiger partial charge in [0.1, 0.15) is 17.3 Å². The molecule has 3 nitrogen and oxygen atoms in total. The number of rotatable bonds is 3. The Balaban J connectivity index is 2.00. The van der Waals surface area contributed by atoms with E-state index in [0.29, 0.717) is 12.8 Å². The van der Waals surface area contributed by atoms with Crippen LogP contribution < -0.4 is 5.11 Å². The summed E-state index contributed by atoms with van der Waals surface area (Å²) < 4.78 is 0. The minimum atomic E-state index is -0.974. The van der Waals surface area contributed by atoms with E-state index in [9.17, 15) is 15.0 Å². The van der Waals surface area contributed by atoms with Crippen molar-refractivity contribution in [2.75, 3.05) is 17.3 Å². The molecule has 2 rings (SSSR count). The lowest BCUT2D eigenvalue weighted by molar-refractivity contribution is -0.301. The molecule has 4 heteroatoms. The molecule has 0 bridgehead atoms. The Kier molecular flexibility index (Phi) is 3.74. The number of carbonyl (C=O) groups excluding carboxylic acids is 1. The first-order chi connectivity index (χ1) is 8.10. The smallest absolute Gasteiger partial charge is 0.147 e. The molecule has 1 aromatic rings. The number of aliphatic hydroxyl groups is 1. The maximum absolute atomic E-state index is 10.5. The van der Waals surface area contributed by atoms with E-state index in [-0.39, 0.29) is 16.6 Å². The summed E-state index contributed by atoms with van der Waals surface area (Å²) >= 11 is 0. The van der Waals surface area contributed by atoms with Gasteiger partial charge in [-0.25, -0.2) is 0 Å². The molecule has 0 saturated carbocycles. The number of carbonyl (C=O) groups is 1. The molecule has 92 valence electrons. The van der Waals surface area contributed by atoms with Crippen LogP contribution in [0.4, 0.5) is 0 Å². The number of hydrogen-bond acceptors (Lipinski definition) is 3. The molecule has 0 aliphatic carbocycles. The number of hydrogen-bond donors (Lipinski definition) is 1. The molecule has 0 radical (unpaired) electrons. The van der Waals surface area contributed by atoms with Gasteiger partial charge in [0.15, 0.2) is 0 Å². The number of carboxylic acids is 1.